The molecule has 9 heteroatoms. The van der Waals surface area contributed by atoms with Crippen LogP contribution in [-0.4, -0.2) is 27.0 Å². The largest absolute Gasteiger partial charge is 0.433 e. The smallest absolute Gasteiger partial charge is 0.289 e. The molecule has 2 heterocycles. The zero-order valence-electron chi connectivity index (χ0n) is 17.1. The number of unbranched alkanes of at least 4 members (excludes halogenated alkanes) is 4. The number of rotatable bonds is 9. The number of H-pyrrole nitrogens is 1. The van der Waals surface area contributed by atoms with Gasteiger partial charge in [0.1, 0.15) is 0 Å². The van der Waals surface area contributed by atoms with Crippen molar-refractivity contribution >= 4 is 27.3 Å². The van der Waals surface area contributed by atoms with Gasteiger partial charge in [-0.05, 0) is 25.0 Å². The summed E-state index contributed by atoms with van der Waals surface area (Å²) < 4.78 is 42.9. The molecule has 0 amide bonds. The molecule has 0 saturated heterocycles. The normalized spacial score (nSPS) is 12.8. The van der Waals surface area contributed by atoms with E-state index in [1.807, 2.05) is 12.1 Å². The molecule has 0 bridgehead atoms. The highest BCUT2D eigenvalue weighted by Crippen LogP contribution is 2.31. The number of fused-ring (bicyclic) bond motifs is 1. The van der Waals surface area contributed by atoms with Gasteiger partial charge in [0.05, 0.1) is 15.8 Å². The number of aromatic amines is 1. The molecule has 3 rings (SSSR count). The van der Waals surface area contributed by atoms with Crippen molar-refractivity contribution in [2.45, 2.75) is 58.5 Å². The summed E-state index contributed by atoms with van der Waals surface area (Å²) in [4.78, 5) is 21.7. The van der Waals surface area contributed by atoms with Crippen LogP contribution in [0.2, 0.25) is 0 Å². The Labute approximate surface area is 176 Å². The number of aromatic nitrogens is 3. The number of para-hydroxylation sites is 1. The Hall–Kier alpha value is -2.42. The molecule has 162 valence electrons. The van der Waals surface area contributed by atoms with E-state index >= 15 is 0 Å². The van der Waals surface area contributed by atoms with Crippen molar-refractivity contribution in [1.82, 2.24) is 14.8 Å². The number of halogens is 3. The van der Waals surface area contributed by atoms with E-state index in [2.05, 4.69) is 22.0 Å². The zero-order chi connectivity index (χ0) is 21.7. The van der Waals surface area contributed by atoms with Gasteiger partial charge in [-0.1, -0.05) is 63.0 Å². The molecule has 0 unspecified atom stereocenters. The molecule has 2 aromatic heterocycles. The first-order valence-corrected chi connectivity index (χ1v) is 11.0. The third-order valence-electron chi connectivity index (χ3n) is 4.84. The van der Waals surface area contributed by atoms with E-state index in [9.17, 15) is 18.0 Å². The predicted octanol–water partition coefficient (Wildman–Crippen LogP) is 5.96. The van der Waals surface area contributed by atoms with Crippen LogP contribution in [0.15, 0.2) is 34.1 Å². The molecule has 5 nitrogen and oxygen atoms in total. The lowest BCUT2D eigenvalue weighted by atomic mass is 10.1. The van der Waals surface area contributed by atoms with E-state index in [0.29, 0.717) is 12.1 Å². The SMILES string of the molecule is CCCCCCCN=C(CC)c1c(C(F)(F)F)[nH]n(-c2nc3ccccc3s2)c1=O. The van der Waals surface area contributed by atoms with Crippen molar-refractivity contribution in [3.05, 3.63) is 45.9 Å². The highest BCUT2D eigenvalue weighted by molar-refractivity contribution is 7.20. The molecule has 30 heavy (non-hydrogen) atoms. The Bertz CT molecular complexity index is 1050. The molecule has 0 aliphatic heterocycles. The van der Waals surface area contributed by atoms with Crippen LogP contribution in [0, 0.1) is 0 Å². The second-order valence-electron chi connectivity index (χ2n) is 7.06. The first-order valence-electron chi connectivity index (χ1n) is 10.2. The number of hydrogen-bond acceptors (Lipinski definition) is 4. The van der Waals surface area contributed by atoms with E-state index in [1.54, 1.807) is 19.1 Å². The zero-order valence-corrected chi connectivity index (χ0v) is 17.9. The molecule has 0 spiro atoms. The molecule has 0 saturated carbocycles. The summed E-state index contributed by atoms with van der Waals surface area (Å²) in [6.07, 6.45) is 0.638. The fourth-order valence-electron chi connectivity index (χ4n) is 3.30. The Morgan fingerprint density at radius 1 is 1.17 bits per heavy atom. The average molecular weight is 439 g/mol. The van der Waals surface area contributed by atoms with Crippen LogP contribution >= 0.6 is 11.3 Å². The Balaban J connectivity index is 1.99. The Morgan fingerprint density at radius 2 is 1.90 bits per heavy atom. The Kier molecular flexibility index (Phi) is 7.12. The van der Waals surface area contributed by atoms with Gasteiger partial charge in [-0.25, -0.2) is 4.98 Å². The predicted molar refractivity (Wildman–Crippen MR) is 115 cm³/mol. The second-order valence-corrected chi connectivity index (χ2v) is 8.07. The lowest BCUT2D eigenvalue weighted by Gasteiger charge is -2.08. The van der Waals surface area contributed by atoms with Crippen molar-refractivity contribution in [1.29, 1.82) is 0 Å². The van der Waals surface area contributed by atoms with E-state index in [4.69, 9.17) is 0 Å². The third-order valence-corrected chi connectivity index (χ3v) is 5.86. The summed E-state index contributed by atoms with van der Waals surface area (Å²) in [5, 5.41) is 2.42. The summed E-state index contributed by atoms with van der Waals surface area (Å²) in [7, 11) is 0. The van der Waals surface area contributed by atoms with Crippen molar-refractivity contribution in [2.24, 2.45) is 4.99 Å². The topological polar surface area (TPSA) is 63.0 Å². The minimum atomic E-state index is -4.70. The summed E-state index contributed by atoms with van der Waals surface area (Å²) in [5.41, 5.74) is -1.44. The lowest BCUT2D eigenvalue weighted by Crippen LogP contribution is -2.22. The number of nitrogens with one attached hydrogen (secondary N) is 1. The number of alkyl halides is 3. The van der Waals surface area contributed by atoms with Crippen molar-refractivity contribution in [3.63, 3.8) is 0 Å². The summed E-state index contributed by atoms with van der Waals surface area (Å²) in [5.74, 6) is 0. The fourth-order valence-corrected chi connectivity index (χ4v) is 4.22. The molecular weight excluding hydrogens is 413 g/mol. The van der Waals surface area contributed by atoms with Gasteiger partial charge in [-0.15, -0.1) is 0 Å². The molecule has 0 aliphatic carbocycles. The van der Waals surface area contributed by atoms with Gasteiger partial charge >= 0.3 is 6.18 Å². The first-order chi connectivity index (χ1) is 14.4. The second kappa shape index (κ2) is 9.59. The maximum atomic E-state index is 13.7. The minimum absolute atomic E-state index is 0.174. The summed E-state index contributed by atoms with van der Waals surface area (Å²) in [6, 6.07) is 7.18. The van der Waals surface area contributed by atoms with Crippen molar-refractivity contribution < 1.29 is 13.2 Å². The van der Waals surface area contributed by atoms with Crippen LogP contribution in [0.25, 0.3) is 15.3 Å². The van der Waals surface area contributed by atoms with Crippen molar-refractivity contribution in [3.8, 4) is 5.13 Å². The molecule has 0 fully saturated rings. The lowest BCUT2D eigenvalue weighted by molar-refractivity contribution is -0.141. The van der Waals surface area contributed by atoms with Crippen LogP contribution in [0.4, 0.5) is 13.2 Å². The van der Waals surface area contributed by atoms with Crippen molar-refractivity contribution in [2.75, 3.05) is 6.54 Å². The van der Waals surface area contributed by atoms with E-state index in [1.165, 1.54) is 0 Å². The van der Waals surface area contributed by atoms with Crippen LogP contribution in [-0.2, 0) is 6.18 Å². The van der Waals surface area contributed by atoms with Gasteiger partial charge in [0, 0.05) is 12.3 Å². The first kappa shape index (κ1) is 22.3. The molecule has 3 aromatic rings. The average Bonchev–Trinajstić information content (AvgIpc) is 3.28. The number of hydrogen-bond donors (Lipinski definition) is 1. The van der Waals surface area contributed by atoms with Gasteiger partial charge in [-0.2, -0.15) is 17.9 Å². The maximum absolute atomic E-state index is 13.7. The molecule has 0 aliphatic rings. The summed E-state index contributed by atoms with van der Waals surface area (Å²) in [6.45, 7) is 4.24. The van der Waals surface area contributed by atoms with E-state index in [-0.39, 0.29) is 17.3 Å². The number of benzene rings is 1. The van der Waals surface area contributed by atoms with Gasteiger partial charge in [0.25, 0.3) is 5.56 Å². The van der Waals surface area contributed by atoms with Gasteiger partial charge in [0.2, 0.25) is 5.13 Å². The number of nitrogens with zero attached hydrogens (tertiary/aromatic N) is 3. The maximum Gasteiger partial charge on any atom is 0.433 e. The van der Waals surface area contributed by atoms with E-state index in [0.717, 1.165) is 52.8 Å². The van der Waals surface area contributed by atoms with Gasteiger partial charge in [0.15, 0.2) is 5.69 Å². The molecule has 1 aromatic carbocycles. The van der Waals surface area contributed by atoms with Gasteiger partial charge in [-0.3, -0.25) is 14.9 Å². The molecule has 0 atom stereocenters. The fraction of sp³-hybridized carbons (Fsp3) is 0.476. The van der Waals surface area contributed by atoms with Crippen LogP contribution < -0.4 is 5.56 Å². The minimum Gasteiger partial charge on any atom is -0.289 e. The standard InChI is InChI=1S/C21H25F3N4OS/c1-3-5-6-7-10-13-25-14(4-2)17-18(21(22,23)24)27-28(19(17)29)20-26-15-11-8-9-12-16(15)30-20/h8-9,11-12,27H,3-7,10,13H2,1-2H3. The highest BCUT2D eigenvalue weighted by Gasteiger charge is 2.39. The Morgan fingerprint density at radius 3 is 2.57 bits per heavy atom. The number of aliphatic imine (C=N–C) groups is 1. The van der Waals surface area contributed by atoms with Crippen LogP contribution in [0.1, 0.15) is 63.6 Å². The van der Waals surface area contributed by atoms with E-state index < -0.39 is 23.0 Å². The van der Waals surface area contributed by atoms with Gasteiger partial charge < -0.3 is 0 Å². The molecular formula is C21H25F3N4OS. The third kappa shape index (κ3) is 4.83. The monoisotopic (exact) mass is 438 g/mol. The highest BCUT2D eigenvalue weighted by atomic mass is 32.1. The van der Waals surface area contributed by atoms with Crippen LogP contribution in [0.5, 0.6) is 0 Å². The molecule has 1 N–H and O–H groups in total. The quantitative estimate of drug-likeness (QED) is 0.331. The molecule has 0 radical (unpaired) electrons. The summed E-state index contributed by atoms with van der Waals surface area (Å²) >= 11 is 1.16. The van der Waals surface area contributed by atoms with Crippen LogP contribution in [0.3, 0.4) is 0 Å². The number of thiazole rings is 1.